The fourth-order valence-corrected chi connectivity index (χ4v) is 12.3. The summed E-state index contributed by atoms with van der Waals surface area (Å²) in [5.74, 6) is 4.74. The maximum absolute atomic E-state index is 13.7. The molecule has 334 valence electrons. The number of amides is 3. The number of nitrogens with one attached hydrogen (secondary N) is 2. The number of ether oxygens (including phenoxy) is 1. The molecule has 3 amide bonds. The zero-order valence-electron chi connectivity index (χ0n) is 38.5. The predicted octanol–water partition coefficient (Wildman–Crippen LogP) is 11.5. The zero-order chi connectivity index (χ0) is 42.0. The molecule has 4 aliphatic carbocycles. The van der Waals surface area contributed by atoms with Crippen molar-refractivity contribution in [3.63, 3.8) is 0 Å². The van der Waals surface area contributed by atoms with Crippen molar-refractivity contribution in [3.05, 3.63) is 11.6 Å². The summed E-state index contributed by atoms with van der Waals surface area (Å²) in [5.41, 5.74) is 7.82. The van der Waals surface area contributed by atoms with Gasteiger partial charge in [0.05, 0.1) is 0 Å². The molecule has 0 radical (unpaired) electrons. The van der Waals surface area contributed by atoms with Crippen molar-refractivity contribution >= 4 is 17.9 Å². The molecular weight excluding hydrogens is 721 g/mol. The molecule has 0 aromatic heterocycles. The Balaban J connectivity index is 1.23. The van der Waals surface area contributed by atoms with Crippen LogP contribution in [0.1, 0.15) is 202 Å². The number of carbonyl (C=O) groups excluding carboxylic acids is 3. The summed E-state index contributed by atoms with van der Waals surface area (Å²) in [6, 6.07) is 0. The van der Waals surface area contributed by atoms with Gasteiger partial charge in [-0.25, -0.2) is 4.79 Å². The quantitative estimate of drug-likeness (QED) is 0.0565. The van der Waals surface area contributed by atoms with Crippen LogP contribution in [0.4, 0.5) is 4.79 Å². The highest BCUT2D eigenvalue weighted by molar-refractivity contribution is 5.82. The lowest BCUT2D eigenvalue weighted by atomic mass is 9.47. The molecule has 0 unspecified atom stereocenters. The Bertz CT molecular complexity index is 1270. The molecule has 58 heavy (non-hydrogen) atoms. The average molecular weight is 811 g/mol. The first-order valence-corrected chi connectivity index (χ1v) is 24.8. The number of hydrogen-bond acceptors (Lipinski definition) is 5. The number of unbranched alkanes of at least 4 members (excludes halogenated alkanes) is 10. The molecule has 0 aliphatic heterocycles. The Kier molecular flexibility index (Phi) is 20.9. The molecule has 0 spiro atoms. The van der Waals surface area contributed by atoms with Gasteiger partial charge >= 0.3 is 6.09 Å². The smallest absolute Gasteiger partial charge is 0.410 e. The highest BCUT2D eigenvalue weighted by Gasteiger charge is 2.59. The lowest BCUT2D eigenvalue weighted by molar-refractivity contribution is -0.122. The first kappa shape index (κ1) is 48.6. The van der Waals surface area contributed by atoms with Gasteiger partial charge in [0, 0.05) is 32.5 Å². The molecule has 4 rings (SSSR count). The van der Waals surface area contributed by atoms with Gasteiger partial charge in [-0.3, -0.25) is 14.5 Å². The van der Waals surface area contributed by atoms with Gasteiger partial charge in [0.15, 0.2) is 0 Å². The van der Waals surface area contributed by atoms with E-state index >= 15 is 0 Å². The minimum Gasteiger partial charge on any atom is -0.446 e. The van der Waals surface area contributed by atoms with Crippen molar-refractivity contribution in [3.8, 4) is 0 Å². The van der Waals surface area contributed by atoms with E-state index < -0.39 is 6.09 Å². The van der Waals surface area contributed by atoms with Crippen molar-refractivity contribution in [2.45, 2.75) is 208 Å². The fraction of sp³-hybridized carbons (Fsp3) is 0.900. The van der Waals surface area contributed by atoms with Gasteiger partial charge in [0.1, 0.15) is 12.6 Å². The molecule has 8 nitrogen and oxygen atoms in total. The van der Waals surface area contributed by atoms with Gasteiger partial charge in [-0.2, -0.15) is 0 Å². The first-order chi connectivity index (χ1) is 27.9. The molecule has 8 atom stereocenters. The van der Waals surface area contributed by atoms with Crippen LogP contribution >= 0.6 is 0 Å². The summed E-state index contributed by atoms with van der Waals surface area (Å²) in [4.78, 5) is 40.7. The standard InChI is InChI=1S/C50H90N4O4/c1-7-8-9-10-11-12-13-14-15-16-23-46(55)52-33-17-18-35-54(37-47(56)53-34-20-32-51)48(57)58-41-28-30-49(5)40(36-41)24-25-42-44-27-26-43(39(4)22-19-21-38(2)3)50(44,6)31-29-45(42)49/h24,38-39,41-45H,7-23,25-37,51H2,1-6H3,(H,52,55)(H,53,56)/t39-,41+,42+,43-,44+,45+,49+,50-/m1/s1. The van der Waals surface area contributed by atoms with Crippen LogP contribution in [-0.2, 0) is 14.3 Å². The Morgan fingerprint density at radius 2 is 1.48 bits per heavy atom. The second kappa shape index (κ2) is 25.0. The molecule has 8 heteroatoms. The summed E-state index contributed by atoms with van der Waals surface area (Å²) in [5, 5.41) is 5.98. The number of nitrogens with two attached hydrogens (primary N) is 1. The van der Waals surface area contributed by atoms with Gasteiger partial charge in [-0.05, 0) is 124 Å². The minimum atomic E-state index is -0.394. The van der Waals surface area contributed by atoms with Crippen molar-refractivity contribution in [2.75, 3.05) is 32.7 Å². The number of allylic oxidation sites excluding steroid dienone is 1. The summed E-state index contributed by atoms with van der Waals surface area (Å²) >= 11 is 0. The van der Waals surface area contributed by atoms with E-state index in [9.17, 15) is 14.4 Å². The van der Waals surface area contributed by atoms with E-state index in [1.54, 1.807) is 4.90 Å². The van der Waals surface area contributed by atoms with Crippen LogP contribution in [0.15, 0.2) is 11.6 Å². The lowest BCUT2D eigenvalue weighted by Crippen LogP contribution is -2.51. The second-order valence-electron chi connectivity index (χ2n) is 20.4. The average Bonchev–Trinajstić information content (AvgIpc) is 3.55. The number of rotatable bonds is 27. The van der Waals surface area contributed by atoms with E-state index in [2.05, 4.69) is 58.3 Å². The molecular formula is C50H90N4O4. The van der Waals surface area contributed by atoms with Crippen molar-refractivity contribution in [2.24, 2.45) is 52.1 Å². The Morgan fingerprint density at radius 1 is 0.793 bits per heavy atom. The van der Waals surface area contributed by atoms with Crippen LogP contribution in [0.5, 0.6) is 0 Å². The number of carbonyl (C=O) groups is 3. The first-order valence-electron chi connectivity index (χ1n) is 24.8. The third-order valence-electron chi connectivity index (χ3n) is 15.8. The number of hydrogen-bond donors (Lipinski definition) is 3. The summed E-state index contributed by atoms with van der Waals surface area (Å²) in [7, 11) is 0. The van der Waals surface area contributed by atoms with Gasteiger partial charge in [-0.1, -0.05) is 130 Å². The summed E-state index contributed by atoms with van der Waals surface area (Å²) in [6.45, 7) is 16.7. The molecule has 4 N–H and O–H groups in total. The molecule has 0 bridgehead atoms. The third kappa shape index (κ3) is 14.3. The van der Waals surface area contributed by atoms with E-state index in [0.29, 0.717) is 50.9 Å². The van der Waals surface area contributed by atoms with E-state index in [1.807, 2.05) is 0 Å². The highest BCUT2D eigenvalue weighted by atomic mass is 16.6. The number of fused-ring (bicyclic) bond motifs is 5. The minimum absolute atomic E-state index is 0.0249. The molecule has 0 heterocycles. The SMILES string of the molecule is CCCCCCCCCCCCC(=O)NCCCCN(CC(=O)NCCCN)C(=O)O[C@H]1CC[C@@]2(C)C(=CC[C@H]3[C@@H]4CC[C@H]([C@H](C)CCCC(C)C)[C@@]4(C)CC[C@@H]32)C1. The van der Waals surface area contributed by atoms with Crippen molar-refractivity contribution < 1.29 is 19.1 Å². The van der Waals surface area contributed by atoms with Crippen LogP contribution in [0.25, 0.3) is 0 Å². The highest BCUT2D eigenvalue weighted by Crippen LogP contribution is 2.67. The van der Waals surface area contributed by atoms with Crippen molar-refractivity contribution in [1.82, 2.24) is 15.5 Å². The van der Waals surface area contributed by atoms with Gasteiger partial charge in [-0.15, -0.1) is 0 Å². The second-order valence-corrected chi connectivity index (χ2v) is 20.4. The zero-order valence-corrected chi connectivity index (χ0v) is 38.5. The Morgan fingerprint density at radius 3 is 2.19 bits per heavy atom. The molecule has 0 saturated heterocycles. The lowest BCUT2D eigenvalue weighted by Gasteiger charge is -2.58. The fourth-order valence-electron chi connectivity index (χ4n) is 12.3. The van der Waals surface area contributed by atoms with Gasteiger partial charge in [0.2, 0.25) is 11.8 Å². The summed E-state index contributed by atoms with van der Waals surface area (Å²) in [6.07, 6.45) is 30.8. The van der Waals surface area contributed by atoms with Crippen LogP contribution in [0, 0.1) is 46.3 Å². The van der Waals surface area contributed by atoms with E-state index in [4.69, 9.17) is 10.5 Å². The van der Waals surface area contributed by atoms with Crippen LogP contribution in [-0.4, -0.2) is 61.6 Å². The Labute approximate surface area is 356 Å². The maximum atomic E-state index is 13.7. The Hall–Kier alpha value is -2.09. The normalized spacial score (nSPS) is 28.2. The predicted molar refractivity (Wildman–Crippen MR) is 240 cm³/mol. The maximum Gasteiger partial charge on any atom is 0.410 e. The molecule has 0 aromatic carbocycles. The summed E-state index contributed by atoms with van der Waals surface area (Å²) < 4.78 is 6.26. The van der Waals surface area contributed by atoms with Crippen LogP contribution in [0.2, 0.25) is 0 Å². The molecule has 0 aromatic rings. The largest absolute Gasteiger partial charge is 0.446 e. The van der Waals surface area contributed by atoms with Crippen molar-refractivity contribution in [1.29, 1.82) is 0 Å². The number of nitrogens with zero attached hydrogens (tertiary/aromatic N) is 1. The van der Waals surface area contributed by atoms with Gasteiger partial charge < -0.3 is 21.1 Å². The monoisotopic (exact) mass is 811 g/mol. The van der Waals surface area contributed by atoms with Gasteiger partial charge in [0.25, 0.3) is 0 Å². The third-order valence-corrected chi connectivity index (χ3v) is 15.8. The van der Waals surface area contributed by atoms with Crippen LogP contribution < -0.4 is 16.4 Å². The molecule has 3 saturated carbocycles. The van der Waals surface area contributed by atoms with E-state index in [-0.39, 0.29) is 29.9 Å². The van der Waals surface area contributed by atoms with E-state index in [1.165, 1.54) is 108 Å². The topological polar surface area (TPSA) is 114 Å². The van der Waals surface area contributed by atoms with Crippen LogP contribution in [0.3, 0.4) is 0 Å². The van der Waals surface area contributed by atoms with E-state index in [0.717, 1.165) is 74.0 Å². The molecule has 4 aliphatic rings. The molecule has 3 fully saturated rings.